The fourth-order valence-corrected chi connectivity index (χ4v) is 2.64. The molecule has 0 fully saturated rings. The molecule has 0 bridgehead atoms. The van der Waals surface area contributed by atoms with Crippen LogP contribution in [0.25, 0.3) is 0 Å². The van der Waals surface area contributed by atoms with Gasteiger partial charge in [0, 0.05) is 30.2 Å². The molecule has 0 radical (unpaired) electrons. The second kappa shape index (κ2) is 9.23. The number of thioether (sulfide) groups is 1. The highest BCUT2D eigenvalue weighted by Crippen LogP contribution is 2.27. The Labute approximate surface area is 121 Å². The predicted molar refractivity (Wildman–Crippen MR) is 83.1 cm³/mol. The van der Waals surface area contributed by atoms with Gasteiger partial charge in [-0.05, 0) is 38.6 Å². The molecule has 4 heteroatoms. The van der Waals surface area contributed by atoms with Crippen LogP contribution in [0.4, 0.5) is 0 Å². The molecule has 0 aliphatic carbocycles. The van der Waals surface area contributed by atoms with Crippen molar-refractivity contribution < 1.29 is 9.47 Å². The molecule has 0 saturated carbocycles. The van der Waals surface area contributed by atoms with E-state index in [1.165, 1.54) is 11.1 Å². The average molecular weight is 283 g/mol. The SMILES string of the molecule is CCOc1ccc(C(C)NC)cc1CSCCOC. The quantitative estimate of drug-likeness (QED) is 0.705. The van der Waals surface area contributed by atoms with E-state index in [-0.39, 0.29) is 0 Å². The van der Waals surface area contributed by atoms with Gasteiger partial charge in [0.15, 0.2) is 0 Å². The lowest BCUT2D eigenvalue weighted by Gasteiger charge is -2.15. The molecule has 0 aromatic heterocycles. The van der Waals surface area contributed by atoms with Crippen LogP contribution in [0.2, 0.25) is 0 Å². The van der Waals surface area contributed by atoms with E-state index >= 15 is 0 Å². The van der Waals surface area contributed by atoms with Crippen molar-refractivity contribution in [3.63, 3.8) is 0 Å². The Hall–Kier alpha value is -0.710. The van der Waals surface area contributed by atoms with Crippen LogP contribution in [0, 0.1) is 0 Å². The molecule has 1 aromatic rings. The molecule has 1 aromatic carbocycles. The fourth-order valence-electron chi connectivity index (χ4n) is 1.77. The average Bonchev–Trinajstić information content (AvgIpc) is 2.44. The van der Waals surface area contributed by atoms with Crippen LogP contribution in [0.5, 0.6) is 5.75 Å². The minimum atomic E-state index is 0.360. The zero-order chi connectivity index (χ0) is 14.1. The lowest BCUT2D eigenvalue weighted by atomic mass is 10.1. The summed E-state index contributed by atoms with van der Waals surface area (Å²) < 4.78 is 10.8. The van der Waals surface area contributed by atoms with Crippen LogP contribution in [0.3, 0.4) is 0 Å². The second-order valence-electron chi connectivity index (χ2n) is 4.36. The van der Waals surface area contributed by atoms with E-state index in [1.807, 2.05) is 25.7 Å². The van der Waals surface area contributed by atoms with Gasteiger partial charge in [0.25, 0.3) is 0 Å². The molecule has 108 valence electrons. The zero-order valence-electron chi connectivity index (χ0n) is 12.4. The number of hydrogen-bond donors (Lipinski definition) is 1. The van der Waals surface area contributed by atoms with Gasteiger partial charge in [-0.3, -0.25) is 0 Å². The lowest BCUT2D eigenvalue weighted by molar-refractivity contribution is 0.218. The van der Waals surface area contributed by atoms with Crippen molar-refractivity contribution in [1.82, 2.24) is 5.32 Å². The van der Waals surface area contributed by atoms with Crippen LogP contribution in [0.1, 0.15) is 31.0 Å². The molecule has 3 nitrogen and oxygen atoms in total. The summed E-state index contributed by atoms with van der Waals surface area (Å²) in [5.41, 5.74) is 2.57. The molecule has 0 amide bonds. The van der Waals surface area contributed by atoms with Crippen LogP contribution < -0.4 is 10.1 Å². The lowest BCUT2D eigenvalue weighted by Crippen LogP contribution is -2.12. The van der Waals surface area contributed by atoms with Crippen LogP contribution in [0.15, 0.2) is 18.2 Å². The first-order chi connectivity index (χ1) is 9.22. The number of methoxy groups -OCH3 is 1. The summed E-state index contributed by atoms with van der Waals surface area (Å²) in [6.45, 7) is 5.68. The van der Waals surface area contributed by atoms with Gasteiger partial charge in [-0.15, -0.1) is 0 Å². The molecule has 1 unspecified atom stereocenters. The maximum atomic E-state index is 5.70. The Kier molecular flexibility index (Phi) is 7.94. The molecule has 0 spiro atoms. The minimum Gasteiger partial charge on any atom is -0.494 e. The normalized spacial score (nSPS) is 12.4. The van der Waals surface area contributed by atoms with Gasteiger partial charge in [-0.2, -0.15) is 11.8 Å². The summed E-state index contributed by atoms with van der Waals surface area (Å²) in [6, 6.07) is 6.82. The summed E-state index contributed by atoms with van der Waals surface area (Å²) in [6.07, 6.45) is 0. The number of ether oxygens (including phenoxy) is 2. The Morgan fingerprint density at radius 3 is 2.79 bits per heavy atom. The van der Waals surface area contributed by atoms with Crippen LogP contribution >= 0.6 is 11.8 Å². The number of hydrogen-bond acceptors (Lipinski definition) is 4. The van der Waals surface area contributed by atoms with E-state index in [4.69, 9.17) is 9.47 Å². The first-order valence-electron chi connectivity index (χ1n) is 6.72. The summed E-state index contributed by atoms with van der Waals surface area (Å²) in [4.78, 5) is 0. The Morgan fingerprint density at radius 2 is 2.16 bits per heavy atom. The summed E-state index contributed by atoms with van der Waals surface area (Å²) >= 11 is 1.87. The van der Waals surface area contributed by atoms with Crippen molar-refractivity contribution in [3.05, 3.63) is 29.3 Å². The van der Waals surface area contributed by atoms with E-state index in [0.717, 1.165) is 23.9 Å². The van der Waals surface area contributed by atoms with Crippen molar-refractivity contribution in [2.45, 2.75) is 25.6 Å². The fraction of sp³-hybridized carbons (Fsp3) is 0.600. The van der Waals surface area contributed by atoms with Crippen molar-refractivity contribution >= 4 is 11.8 Å². The molecule has 1 atom stereocenters. The van der Waals surface area contributed by atoms with E-state index in [9.17, 15) is 0 Å². The standard InChI is InChI=1S/C15H25NO2S/c1-5-18-15-7-6-13(12(2)16-3)10-14(15)11-19-9-8-17-4/h6-7,10,12,16H,5,8-9,11H2,1-4H3. The third-order valence-electron chi connectivity index (χ3n) is 3.01. The molecule has 19 heavy (non-hydrogen) atoms. The van der Waals surface area contributed by atoms with Crippen molar-refractivity contribution in [1.29, 1.82) is 0 Å². The Morgan fingerprint density at radius 1 is 1.37 bits per heavy atom. The maximum Gasteiger partial charge on any atom is 0.123 e. The molecule has 0 saturated heterocycles. The van der Waals surface area contributed by atoms with Crippen LogP contribution in [-0.4, -0.2) is 33.1 Å². The van der Waals surface area contributed by atoms with Gasteiger partial charge in [0.1, 0.15) is 5.75 Å². The van der Waals surface area contributed by atoms with E-state index in [1.54, 1.807) is 7.11 Å². The van der Waals surface area contributed by atoms with Gasteiger partial charge in [0.2, 0.25) is 0 Å². The molecule has 0 heterocycles. The smallest absolute Gasteiger partial charge is 0.123 e. The molecular weight excluding hydrogens is 258 g/mol. The molecule has 0 aliphatic rings. The monoisotopic (exact) mass is 283 g/mol. The number of rotatable bonds is 9. The summed E-state index contributed by atoms with van der Waals surface area (Å²) in [5.74, 6) is 2.97. The topological polar surface area (TPSA) is 30.5 Å². The third kappa shape index (κ3) is 5.43. The first kappa shape index (κ1) is 16.3. The highest BCUT2D eigenvalue weighted by Gasteiger charge is 2.09. The molecule has 0 aliphatic heterocycles. The molecular formula is C15H25NO2S. The van der Waals surface area contributed by atoms with Gasteiger partial charge in [-0.1, -0.05) is 6.07 Å². The number of benzene rings is 1. The van der Waals surface area contributed by atoms with Gasteiger partial charge < -0.3 is 14.8 Å². The van der Waals surface area contributed by atoms with Crippen LogP contribution in [-0.2, 0) is 10.5 Å². The van der Waals surface area contributed by atoms with Gasteiger partial charge in [-0.25, -0.2) is 0 Å². The summed E-state index contributed by atoms with van der Waals surface area (Å²) in [7, 11) is 3.72. The highest BCUT2D eigenvalue weighted by molar-refractivity contribution is 7.98. The Bertz CT molecular complexity index is 371. The number of nitrogens with one attached hydrogen (secondary N) is 1. The molecule has 1 rings (SSSR count). The third-order valence-corrected chi connectivity index (χ3v) is 3.98. The first-order valence-corrected chi connectivity index (χ1v) is 7.88. The molecule has 1 N–H and O–H groups in total. The van der Waals surface area contributed by atoms with Crippen molar-refractivity contribution in [2.24, 2.45) is 0 Å². The van der Waals surface area contributed by atoms with Gasteiger partial charge >= 0.3 is 0 Å². The minimum absolute atomic E-state index is 0.360. The van der Waals surface area contributed by atoms with Crippen molar-refractivity contribution in [2.75, 3.05) is 33.1 Å². The predicted octanol–water partition coefficient (Wildman–Crippen LogP) is 3.25. The van der Waals surface area contributed by atoms with Crippen molar-refractivity contribution in [3.8, 4) is 5.75 Å². The van der Waals surface area contributed by atoms with Gasteiger partial charge in [0.05, 0.1) is 13.2 Å². The largest absolute Gasteiger partial charge is 0.494 e. The Balaban J connectivity index is 2.76. The summed E-state index contributed by atoms with van der Waals surface area (Å²) in [5, 5.41) is 3.27. The highest BCUT2D eigenvalue weighted by atomic mass is 32.2. The van der Waals surface area contributed by atoms with E-state index in [0.29, 0.717) is 12.6 Å². The second-order valence-corrected chi connectivity index (χ2v) is 5.46. The van der Waals surface area contributed by atoms with E-state index in [2.05, 4.69) is 30.4 Å². The maximum absolute atomic E-state index is 5.70. The zero-order valence-corrected chi connectivity index (χ0v) is 13.2. The van der Waals surface area contributed by atoms with E-state index < -0.39 is 0 Å².